The molecule has 0 bridgehead atoms. The number of halogens is 1. The Bertz CT molecular complexity index is 1110. The zero-order valence-corrected chi connectivity index (χ0v) is 18.8. The first kappa shape index (κ1) is 22.7. The average molecular weight is 446 g/mol. The van der Waals surface area contributed by atoms with Crippen LogP contribution in [0.2, 0.25) is 0 Å². The number of hydrogen-bond acceptors (Lipinski definition) is 3. The molecule has 1 heterocycles. The quantitative estimate of drug-likeness (QED) is 0.576. The molecular formula is C27H28FN3O2. The predicted octanol–water partition coefficient (Wildman–Crippen LogP) is 3.99. The van der Waals surface area contributed by atoms with E-state index in [1.165, 1.54) is 18.2 Å². The lowest BCUT2D eigenvalue weighted by Crippen LogP contribution is -2.47. The monoisotopic (exact) mass is 445 g/mol. The molecule has 5 nitrogen and oxygen atoms in total. The fourth-order valence-electron chi connectivity index (χ4n) is 4.00. The SMILES string of the molecule is CN1CCN(C(=O)Cc2cccc(N(Cc3ccccc3)C(=O)c3cccc(F)c3)c2)CC1. The highest BCUT2D eigenvalue weighted by molar-refractivity contribution is 6.06. The molecule has 0 N–H and O–H groups in total. The highest BCUT2D eigenvalue weighted by atomic mass is 19.1. The van der Waals surface area contributed by atoms with Crippen LogP contribution in [0.5, 0.6) is 0 Å². The zero-order chi connectivity index (χ0) is 23.2. The van der Waals surface area contributed by atoms with Gasteiger partial charge in [0.05, 0.1) is 13.0 Å². The molecule has 3 aromatic carbocycles. The van der Waals surface area contributed by atoms with Gasteiger partial charge in [0.25, 0.3) is 5.91 Å². The Morgan fingerprint density at radius 1 is 0.848 bits per heavy atom. The van der Waals surface area contributed by atoms with E-state index in [1.54, 1.807) is 11.0 Å². The fraction of sp³-hybridized carbons (Fsp3) is 0.259. The second-order valence-corrected chi connectivity index (χ2v) is 8.42. The Morgan fingerprint density at radius 2 is 1.55 bits per heavy atom. The van der Waals surface area contributed by atoms with Crippen molar-refractivity contribution in [1.29, 1.82) is 0 Å². The predicted molar refractivity (Wildman–Crippen MR) is 128 cm³/mol. The number of piperazine rings is 1. The van der Waals surface area contributed by atoms with Crippen molar-refractivity contribution in [3.05, 3.63) is 101 Å². The molecule has 0 aliphatic carbocycles. The normalized spacial score (nSPS) is 14.2. The maximum Gasteiger partial charge on any atom is 0.258 e. The maximum absolute atomic E-state index is 13.8. The van der Waals surface area contributed by atoms with Gasteiger partial charge in [0.2, 0.25) is 5.91 Å². The maximum atomic E-state index is 13.8. The smallest absolute Gasteiger partial charge is 0.258 e. The Kier molecular flexibility index (Phi) is 7.15. The van der Waals surface area contributed by atoms with E-state index in [2.05, 4.69) is 11.9 Å². The van der Waals surface area contributed by atoms with Crippen LogP contribution in [-0.4, -0.2) is 54.8 Å². The van der Waals surface area contributed by atoms with Gasteiger partial charge in [0.15, 0.2) is 0 Å². The lowest BCUT2D eigenvalue weighted by molar-refractivity contribution is -0.132. The molecule has 1 saturated heterocycles. The average Bonchev–Trinajstić information content (AvgIpc) is 2.83. The molecule has 0 aromatic heterocycles. The van der Waals surface area contributed by atoms with E-state index >= 15 is 0 Å². The number of nitrogens with zero attached hydrogens (tertiary/aromatic N) is 3. The minimum atomic E-state index is -0.452. The van der Waals surface area contributed by atoms with Crippen molar-refractivity contribution >= 4 is 17.5 Å². The third-order valence-corrected chi connectivity index (χ3v) is 5.93. The summed E-state index contributed by atoms with van der Waals surface area (Å²) in [5.41, 5.74) is 2.77. The minimum Gasteiger partial charge on any atom is -0.340 e. The van der Waals surface area contributed by atoms with Crippen LogP contribution in [0.4, 0.5) is 10.1 Å². The molecule has 1 aliphatic heterocycles. The molecule has 6 heteroatoms. The Hall–Kier alpha value is -3.51. The van der Waals surface area contributed by atoms with Gasteiger partial charge in [-0.3, -0.25) is 9.59 Å². The van der Waals surface area contributed by atoms with E-state index in [9.17, 15) is 14.0 Å². The number of hydrogen-bond donors (Lipinski definition) is 0. The lowest BCUT2D eigenvalue weighted by atomic mass is 10.1. The van der Waals surface area contributed by atoms with Crippen molar-refractivity contribution < 1.29 is 14.0 Å². The molecule has 1 aliphatic rings. The van der Waals surface area contributed by atoms with Gasteiger partial charge < -0.3 is 14.7 Å². The highest BCUT2D eigenvalue weighted by Crippen LogP contribution is 2.23. The van der Waals surface area contributed by atoms with Crippen LogP contribution in [0.25, 0.3) is 0 Å². The summed E-state index contributed by atoms with van der Waals surface area (Å²) in [7, 11) is 2.06. The first-order valence-corrected chi connectivity index (χ1v) is 11.2. The largest absolute Gasteiger partial charge is 0.340 e. The molecule has 0 saturated carbocycles. The summed E-state index contributed by atoms with van der Waals surface area (Å²) < 4.78 is 13.8. The van der Waals surface area contributed by atoms with E-state index < -0.39 is 5.82 Å². The van der Waals surface area contributed by atoms with Crippen molar-refractivity contribution in [3.63, 3.8) is 0 Å². The van der Waals surface area contributed by atoms with E-state index in [0.29, 0.717) is 12.2 Å². The first-order chi connectivity index (χ1) is 16.0. The number of likely N-dealkylation sites (N-methyl/N-ethyl adjacent to an activating group) is 1. The molecule has 33 heavy (non-hydrogen) atoms. The van der Waals surface area contributed by atoms with Gasteiger partial charge in [0, 0.05) is 37.4 Å². The van der Waals surface area contributed by atoms with Crippen LogP contribution >= 0.6 is 0 Å². The summed E-state index contributed by atoms with van der Waals surface area (Å²) in [5, 5.41) is 0. The van der Waals surface area contributed by atoms with E-state index in [4.69, 9.17) is 0 Å². The van der Waals surface area contributed by atoms with Gasteiger partial charge in [-0.2, -0.15) is 0 Å². The van der Waals surface area contributed by atoms with Gasteiger partial charge in [0.1, 0.15) is 5.82 Å². The Balaban J connectivity index is 1.58. The number of benzene rings is 3. The molecule has 170 valence electrons. The summed E-state index contributed by atoms with van der Waals surface area (Å²) in [4.78, 5) is 32.0. The third kappa shape index (κ3) is 5.84. The number of amides is 2. The standard InChI is InChI=1S/C27H28FN3O2/c1-29-13-15-30(16-14-29)26(32)18-22-9-5-12-25(17-22)31(20-21-7-3-2-4-8-21)27(33)23-10-6-11-24(28)19-23/h2-12,17,19H,13-16,18,20H2,1H3. The second-order valence-electron chi connectivity index (χ2n) is 8.42. The summed E-state index contributed by atoms with van der Waals surface area (Å²) in [6, 6.07) is 22.9. The van der Waals surface area contributed by atoms with E-state index in [-0.39, 0.29) is 23.8 Å². The number of rotatable bonds is 6. The van der Waals surface area contributed by atoms with Gasteiger partial charge in [-0.1, -0.05) is 48.5 Å². The van der Waals surface area contributed by atoms with Gasteiger partial charge in [-0.25, -0.2) is 4.39 Å². The van der Waals surface area contributed by atoms with Gasteiger partial charge in [-0.05, 0) is 48.5 Å². The van der Waals surface area contributed by atoms with Crippen molar-refractivity contribution in [2.75, 3.05) is 38.1 Å². The van der Waals surface area contributed by atoms with Crippen molar-refractivity contribution in [1.82, 2.24) is 9.80 Å². The van der Waals surface area contributed by atoms with Crippen LogP contribution in [0, 0.1) is 5.82 Å². The van der Waals surface area contributed by atoms with Gasteiger partial charge in [-0.15, -0.1) is 0 Å². The summed E-state index contributed by atoms with van der Waals surface area (Å²) in [6.45, 7) is 3.55. The number of carbonyl (C=O) groups is 2. The van der Waals surface area contributed by atoms with E-state index in [1.807, 2.05) is 59.5 Å². The Morgan fingerprint density at radius 3 is 2.27 bits per heavy atom. The molecule has 0 atom stereocenters. The highest BCUT2D eigenvalue weighted by Gasteiger charge is 2.21. The van der Waals surface area contributed by atoms with Crippen LogP contribution in [-0.2, 0) is 17.8 Å². The molecule has 0 spiro atoms. The summed E-state index contributed by atoms with van der Waals surface area (Å²) >= 11 is 0. The number of carbonyl (C=O) groups excluding carboxylic acids is 2. The van der Waals surface area contributed by atoms with Crippen LogP contribution in [0.3, 0.4) is 0 Å². The van der Waals surface area contributed by atoms with Gasteiger partial charge >= 0.3 is 0 Å². The topological polar surface area (TPSA) is 43.9 Å². The second kappa shape index (κ2) is 10.4. The Labute approximate surface area is 194 Å². The minimum absolute atomic E-state index is 0.0892. The number of anilines is 1. The van der Waals surface area contributed by atoms with Crippen LogP contribution < -0.4 is 4.90 Å². The molecule has 3 aromatic rings. The molecule has 0 unspecified atom stereocenters. The molecular weight excluding hydrogens is 417 g/mol. The van der Waals surface area contributed by atoms with Crippen LogP contribution in [0.1, 0.15) is 21.5 Å². The van der Waals surface area contributed by atoms with Crippen molar-refractivity contribution in [3.8, 4) is 0 Å². The van der Waals surface area contributed by atoms with Crippen molar-refractivity contribution in [2.24, 2.45) is 0 Å². The van der Waals surface area contributed by atoms with Crippen LogP contribution in [0.15, 0.2) is 78.9 Å². The fourth-order valence-corrected chi connectivity index (χ4v) is 4.00. The molecule has 1 fully saturated rings. The first-order valence-electron chi connectivity index (χ1n) is 11.2. The summed E-state index contributed by atoms with van der Waals surface area (Å²) in [6.07, 6.45) is 0.283. The molecule has 2 amide bonds. The molecule has 0 radical (unpaired) electrons. The van der Waals surface area contributed by atoms with Crippen molar-refractivity contribution in [2.45, 2.75) is 13.0 Å². The van der Waals surface area contributed by atoms with E-state index in [0.717, 1.165) is 37.3 Å². The lowest BCUT2D eigenvalue weighted by Gasteiger charge is -2.32. The summed E-state index contributed by atoms with van der Waals surface area (Å²) in [5.74, 6) is -0.653. The molecule has 4 rings (SSSR count). The third-order valence-electron chi connectivity index (χ3n) is 5.93. The zero-order valence-electron chi connectivity index (χ0n) is 18.8.